The van der Waals surface area contributed by atoms with Crippen molar-refractivity contribution in [3.05, 3.63) is 12.7 Å². The van der Waals surface area contributed by atoms with Crippen LogP contribution in [0.3, 0.4) is 0 Å². The van der Waals surface area contributed by atoms with Gasteiger partial charge in [0.1, 0.15) is 0 Å². The van der Waals surface area contributed by atoms with Gasteiger partial charge in [0, 0.05) is 6.42 Å². The monoisotopic (exact) mass is 184 g/mol. The fraction of sp³-hybridized carbons (Fsp3) is 0.600. The molecule has 0 unspecified atom stereocenters. The average molecular weight is 184 g/mol. The highest BCUT2D eigenvalue weighted by Crippen LogP contribution is 2.15. The summed E-state index contributed by atoms with van der Waals surface area (Å²) in [7, 11) is 0. The van der Waals surface area contributed by atoms with E-state index in [0.717, 1.165) is 0 Å². The molecule has 0 atom stereocenters. The first kappa shape index (κ1) is 11.9. The van der Waals surface area contributed by atoms with Gasteiger partial charge < -0.3 is 4.74 Å². The molecule has 0 saturated heterocycles. The summed E-state index contributed by atoms with van der Waals surface area (Å²) < 4.78 is 4.59. The highest BCUT2D eigenvalue weighted by Gasteiger charge is 2.25. The Labute approximate surface area is 78.8 Å². The van der Waals surface area contributed by atoms with Gasteiger partial charge >= 0.3 is 11.9 Å². The second-order valence-electron chi connectivity index (χ2n) is 3.84. The minimum absolute atomic E-state index is 0.214. The molecular formula is C10H16O3. The molecule has 0 aliphatic carbocycles. The van der Waals surface area contributed by atoms with Gasteiger partial charge in [0.25, 0.3) is 0 Å². The van der Waals surface area contributed by atoms with Crippen LogP contribution in [0.5, 0.6) is 0 Å². The van der Waals surface area contributed by atoms with Crippen LogP contribution in [0.1, 0.15) is 33.6 Å². The largest absolute Gasteiger partial charge is 0.393 e. The zero-order valence-electron chi connectivity index (χ0n) is 8.42. The van der Waals surface area contributed by atoms with E-state index < -0.39 is 17.4 Å². The summed E-state index contributed by atoms with van der Waals surface area (Å²) >= 11 is 0. The van der Waals surface area contributed by atoms with Gasteiger partial charge in [-0.1, -0.05) is 6.08 Å². The number of rotatable bonds is 3. The van der Waals surface area contributed by atoms with E-state index >= 15 is 0 Å². The first-order valence-electron chi connectivity index (χ1n) is 4.24. The van der Waals surface area contributed by atoms with Crippen molar-refractivity contribution in [3.63, 3.8) is 0 Å². The lowest BCUT2D eigenvalue weighted by Gasteiger charge is -2.14. The first-order valence-corrected chi connectivity index (χ1v) is 4.24. The average Bonchev–Trinajstić information content (AvgIpc) is 1.99. The van der Waals surface area contributed by atoms with Gasteiger partial charge in [-0.3, -0.25) is 9.59 Å². The lowest BCUT2D eigenvalue weighted by molar-refractivity contribution is -0.165. The van der Waals surface area contributed by atoms with Crippen LogP contribution in [-0.2, 0) is 14.3 Å². The van der Waals surface area contributed by atoms with Crippen LogP contribution in [0, 0.1) is 5.41 Å². The van der Waals surface area contributed by atoms with Crippen molar-refractivity contribution in [3.8, 4) is 0 Å². The normalized spacial score (nSPS) is 10.7. The third-order valence-electron chi connectivity index (χ3n) is 1.37. The zero-order valence-corrected chi connectivity index (χ0v) is 8.42. The molecule has 3 nitrogen and oxygen atoms in total. The van der Waals surface area contributed by atoms with E-state index in [0.29, 0.717) is 6.42 Å². The van der Waals surface area contributed by atoms with E-state index in [-0.39, 0.29) is 6.42 Å². The van der Waals surface area contributed by atoms with Crippen LogP contribution >= 0.6 is 0 Å². The molecule has 74 valence electrons. The topological polar surface area (TPSA) is 43.4 Å². The smallest absolute Gasteiger partial charge is 0.318 e. The third kappa shape index (κ3) is 5.17. The molecule has 0 aliphatic heterocycles. The molecule has 0 aromatic carbocycles. The van der Waals surface area contributed by atoms with Crippen molar-refractivity contribution in [2.45, 2.75) is 33.6 Å². The molecule has 0 aliphatic rings. The summed E-state index contributed by atoms with van der Waals surface area (Å²) in [5.74, 6) is -0.971. The van der Waals surface area contributed by atoms with Crippen LogP contribution in [0.2, 0.25) is 0 Å². The van der Waals surface area contributed by atoms with Gasteiger partial charge in [0.15, 0.2) is 0 Å². The summed E-state index contributed by atoms with van der Waals surface area (Å²) in [5, 5.41) is 0. The fourth-order valence-electron chi connectivity index (χ4n) is 0.527. The number of hydrogen-bond donors (Lipinski definition) is 0. The molecule has 0 amide bonds. The Kier molecular flexibility index (Phi) is 4.38. The maximum absolute atomic E-state index is 11.2. The van der Waals surface area contributed by atoms with E-state index in [4.69, 9.17) is 0 Å². The Bertz CT molecular complexity index is 211. The molecular weight excluding hydrogens is 168 g/mol. The molecule has 0 saturated carbocycles. The van der Waals surface area contributed by atoms with Crippen LogP contribution in [-0.4, -0.2) is 11.9 Å². The highest BCUT2D eigenvalue weighted by molar-refractivity contribution is 5.88. The van der Waals surface area contributed by atoms with E-state index in [1.54, 1.807) is 26.8 Å². The Hall–Kier alpha value is -1.12. The Morgan fingerprint density at radius 1 is 1.38 bits per heavy atom. The molecule has 0 N–H and O–H groups in total. The maximum atomic E-state index is 11.2. The summed E-state index contributed by atoms with van der Waals surface area (Å²) in [4.78, 5) is 22.1. The van der Waals surface area contributed by atoms with Crippen molar-refractivity contribution in [2.24, 2.45) is 5.41 Å². The number of ether oxygens (including phenoxy) is 1. The van der Waals surface area contributed by atoms with Gasteiger partial charge in [-0.25, -0.2) is 0 Å². The number of carbonyl (C=O) groups excluding carboxylic acids is 2. The van der Waals surface area contributed by atoms with E-state index in [1.807, 2.05) is 0 Å². The minimum Gasteiger partial charge on any atom is -0.393 e. The first-order chi connectivity index (χ1) is 5.88. The number of hydrogen-bond acceptors (Lipinski definition) is 3. The van der Waals surface area contributed by atoms with Crippen LogP contribution in [0.15, 0.2) is 12.7 Å². The predicted molar refractivity (Wildman–Crippen MR) is 50.0 cm³/mol. The van der Waals surface area contributed by atoms with Gasteiger partial charge in [0.2, 0.25) is 0 Å². The van der Waals surface area contributed by atoms with Gasteiger partial charge in [-0.05, 0) is 27.2 Å². The molecule has 13 heavy (non-hydrogen) atoms. The quantitative estimate of drug-likeness (QED) is 0.383. The maximum Gasteiger partial charge on any atom is 0.318 e. The molecule has 3 heteroatoms. The Morgan fingerprint density at radius 3 is 2.31 bits per heavy atom. The lowest BCUT2D eigenvalue weighted by atomic mass is 9.97. The standard InChI is InChI=1S/C10H16O3/c1-5-6-7-8(11)13-9(12)10(2,3)4/h5H,1,6-7H2,2-4H3. The van der Waals surface area contributed by atoms with Gasteiger partial charge in [-0.2, -0.15) is 0 Å². The number of allylic oxidation sites excluding steroid dienone is 1. The molecule has 0 heterocycles. The molecule has 0 fully saturated rings. The molecule has 0 radical (unpaired) electrons. The SMILES string of the molecule is C=CCCC(=O)OC(=O)C(C)(C)C. The summed E-state index contributed by atoms with van der Waals surface area (Å²) in [6.07, 6.45) is 2.37. The van der Waals surface area contributed by atoms with E-state index in [2.05, 4.69) is 11.3 Å². The van der Waals surface area contributed by atoms with Gasteiger partial charge in [-0.15, -0.1) is 6.58 Å². The van der Waals surface area contributed by atoms with Crippen molar-refractivity contribution in [2.75, 3.05) is 0 Å². The third-order valence-corrected chi connectivity index (χ3v) is 1.37. The predicted octanol–water partition coefficient (Wildman–Crippen LogP) is 2.07. The highest BCUT2D eigenvalue weighted by atomic mass is 16.6. The number of esters is 2. The summed E-state index contributed by atoms with van der Waals surface area (Å²) in [6.45, 7) is 8.58. The zero-order chi connectivity index (χ0) is 10.5. The fourth-order valence-corrected chi connectivity index (χ4v) is 0.527. The van der Waals surface area contributed by atoms with Crippen molar-refractivity contribution >= 4 is 11.9 Å². The summed E-state index contributed by atoms with van der Waals surface area (Å²) in [5.41, 5.74) is -0.621. The van der Waals surface area contributed by atoms with Gasteiger partial charge in [0.05, 0.1) is 5.41 Å². The van der Waals surface area contributed by atoms with E-state index in [1.165, 1.54) is 0 Å². The Balaban J connectivity index is 3.93. The molecule has 0 rings (SSSR count). The second kappa shape index (κ2) is 4.80. The van der Waals surface area contributed by atoms with Crippen molar-refractivity contribution in [1.82, 2.24) is 0 Å². The molecule has 0 spiro atoms. The molecule has 0 aromatic heterocycles. The van der Waals surface area contributed by atoms with Crippen LogP contribution in [0.4, 0.5) is 0 Å². The second-order valence-corrected chi connectivity index (χ2v) is 3.84. The van der Waals surface area contributed by atoms with Crippen molar-refractivity contribution < 1.29 is 14.3 Å². The minimum atomic E-state index is -0.621. The lowest BCUT2D eigenvalue weighted by Crippen LogP contribution is -2.25. The Morgan fingerprint density at radius 2 is 1.92 bits per heavy atom. The summed E-state index contributed by atoms with van der Waals surface area (Å²) in [6, 6.07) is 0. The molecule has 0 bridgehead atoms. The van der Waals surface area contributed by atoms with Crippen molar-refractivity contribution in [1.29, 1.82) is 0 Å². The van der Waals surface area contributed by atoms with E-state index in [9.17, 15) is 9.59 Å². The van der Waals surface area contributed by atoms with Crippen LogP contribution < -0.4 is 0 Å². The van der Waals surface area contributed by atoms with Crippen LogP contribution in [0.25, 0.3) is 0 Å². The number of carbonyl (C=O) groups is 2. The molecule has 0 aromatic rings.